The van der Waals surface area contributed by atoms with E-state index >= 15 is 0 Å². The molecule has 3 unspecified atom stereocenters. The zero-order valence-electron chi connectivity index (χ0n) is 29.0. The van der Waals surface area contributed by atoms with Crippen molar-refractivity contribution in [2.75, 3.05) is 39.3 Å². The second-order valence-electron chi connectivity index (χ2n) is 14.2. The van der Waals surface area contributed by atoms with Gasteiger partial charge in [-0.2, -0.15) is 0 Å². The summed E-state index contributed by atoms with van der Waals surface area (Å²) in [6.07, 6.45) is 7.02. The van der Waals surface area contributed by atoms with Crippen LogP contribution in [0.15, 0.2) is 0 Å². The predicted molar refractivity (Wildman–Crippen MR) is 172 cm³/mol. The Hall–Kier alpha value is -0.700. The maximum Gasteiger partial charge on any atom is 0.250 e. The van der Waals surface area contributed by atoms with Gasteiger partial charge in [0.05, 0.1) is 0 Å². The van der Waals surface area contributed by atoms with Gasteiger partial charge in [-0.25, -0.2) is 13.2 Å². The topological polar surface area (TPSA) is 30.0 Å². The zero-order valence-corrected chi connectivity index (χ0v) is 29.0. The first kappa shape index (κ1) is 39.3. The van der Waals surface area contributed by atoms with Crippen molar-refractivity contribution in [1.29, 1.82) is 0 Å². The molecule has 4 saturated heterocycles. The number of carbonyl (C=O) groups excluding carboxylic acids is 1. The van der Waals surface area contributed by atoms with Crippen molar-refractivity contribution >= 4 is 5.78 Å². The summed E-state index contributed by atoms with van der Waals surface area (Å²) >= 11 is 0. The molecule has 5 nitrogen and oxygen atoms in total. The maximum absolute atomic E-state index is 12.8. The smallest absolute Gasteiger partial charge is 0.250 e. The summed E-state index contributed by atoms with van der Waals surface area (Å²) in [6.45, 7) is 26.8. The molecule has 3 atom stereocenters. The van der Waals surface area contributed by atoms with Gasteiger partial charge in [-0.3, -0.25) is 14.6 Å². The Kier molecular flexibility index (Phi) is 18.4. The summed E-state index contributed by atoms with van der Waals surface area (Å²) in [4.78, 5) is 20.1. The Morgan fingerprint density at radius 3 is 1.45 bits per heavy atom. The first-order valence-electron chi connectivity index (χ1n) is 17.1. The molecule has 4 aliphatic heterocycles. The van der Waals surface area contributed by atoms with Crippen molar-refractivity contribution in [3.8, 4) is 0 Å². The summed E-state index contributed by atoms with van der Waals surface area (Å²) in [5.74, 6) is -1.97. The summed E-state index contributed by atoms with van der Waals surface area (Å²) in [6, 6.07) is 3.86. The molecule has 0 N–H and O–H groups in total. The number of likely N-dealkylation sites (tertiary alicyclic amines) is 4. The highest BCUT2D eigenvalue weighted by Gasteiger charge is 2.34. The van der Waals surface area contributed by atoms with Crippen molar-refractivity contribution in [1.82, 2.24) is 19.6 Å². The van der Waals surface area contributed by atoms with Gasteiger partial charge in [-0.15, -0.1) is 0 Å². The first-order chi connectivity index (χ1) is 19.5. The summed E-state index contributed by atoms with van der Waals surface area (Å²) < 4.78 is 38.0. The second-order valence-corrected chi connectivity index (χ2v) is 14.2. The molecule has 4 heterocycles. The van der Waals surface area contributed by atoms with Crippen molar-refractivity contribution in [3.63, 3.8) is 0 Å². The average molecular weight is 605 g/mol. The van der Waals surface area contributed by atoms with Crippen LogP contribution in [0.3, 0.4) is 0 Å². The molecule has 0 aromatic heterocycles. The van der Waals surface area contributed by atoms with Crippen LogP contribution in [0.25, 0.3) is 0 Å². The Balaban J connectivity index is 0.000000280. The fourth-order valence-corrected chi connectivity index (χ4v) is 6.54. The summed E-state index contributed by atoms with van der Waals surface area (Å²) in [7, 11) is 0. The molecule has 250 valence electrons. The van der Waals surface area contributed by atoms with Gasteiger partial charge in [0.1, 0.15) is 12.0 Å². The van der Waals surface area contributed by atoms with Gasteiger partial charge < -0.3 is 9.80 Å². The van der Waals surface area contributed by atoms with Crippen LogP contribution in [-0.4, -0.2) is 113 Å². The highest BCUT2D eigenvalue weighted by atomic mass is 19.3. The number of ketones is 1. The highest BCUT2D eigenvalue weighted by molar-refractivity contribution is 5.79. The van der Waals surface area contributed by atoms with Crippen LogP contribution in [0.1, 0.15) is 127 Å². The SMILES string of the molecule is CC(C)N1C(C)CCCC1C.CC(C)N1CCC(=O)CC1.CC(C)N1CCC(F)(F)CC1.CC(C)N1CCCC(F)C1. The quantitative estimate of drug-likeness (QED) is 0.329. The lowest BCUT2D eigenvalue weighted by atomic mass is 9.96. The molecule has 4 fully saturated rings. The number of carbonyl (C=O) groups is 1. The van der Waals surface area contributed by atoms with E-state index in [4.69, 9.17) is 0 Å². The molecule has 0 aromatic rings. The lowest BCUT2D eigenvalue weighted by molar-refractivity contribution is -0.121. The Morgan fingerprint density at radius 2 is 1.10 bits per heavy atom. The lowest BCUT2D eigenvalue weighted by Crippen LogP contribution is -2.47. The molecule has 0 aromatic carbocycles. The van der Waals surface area contributed by atoms with E-state index in [2.05, 4.69) is 75.0 Å². The van der Waals surface area contributed by atoms with Crippen LogP contribution in [0.4, 0.5) is 13.2 Å². The maximum atomic E-state index is 12.8. The number of piperidine rings is 4. The molecule has 0 aliphatic carbocycles. The van der Waals surface area contributed by atoms with Gasteiger partial charge in [-0.1, -0.05) is 6.42 Å². The minimum atomic E-state index is -2.40. The van der Waals surface area contributed by atoms with Crippen molar-refractivity contribution < 1.29 is 18.0 Å². The fourth-order valence-electron chi connectivity index (χ4n) is 6.54. The fraction of sp³-hybridized carbons (Fsp3) is 0.971. The highest BCUT2D eigenvalue weighted by Crippen LogP contribution is 2.28. The standard InChI is InChI=1S/C10H21N.C8H15F2N.C8H16FN.C8H15NO/c1-8(2)11-9(3)6-5-7-10(11)4;1-7(2)11-5-3-8(9,10)4-6-11;1-7(2)10-5-3-4-8(9)6-10;1-7(2)9-5-3-8(10)4-6-9/h8-10H,5-7H2,1-4H3;7H,3-6H2,1-2H3;7-8H,3-6H2,1-2H3;7H,3-6H2,1-2H3. The third kappa shape index (κ3) is 15.3. The number of nitrogens with zero attached hydrogens (tertiary/aromatic N) is 4. The van der Waals surface area contributed by atoms with Gasteiger partial charge in [0.25, 0.3) is 5.92 Å². The number of halogens is 3. The molecular weight excluding hydrogens is 537 g/mol. The van der Waals surface area contributed by atoms with E-state index in [9.17, 15) is 18.0 Å². The molecule has 0 amide bonds. The Labute approximate surface area is 257 Å². The molecule has 4 aliphatic rings. The third-order valence-electron chi connectivity index (χ3n) is 9.33. The van der Waals surface area contributed by atoms with Gasteiger partial charge in [0.15, 0.2) is 0 Å². The average Bonchev–Trinajstić information content (AvgIpc) is 2.89. The molecule has 42 heavy (non-hydrogen) atoms. The predicted octanol–water partition coefficient (Wildman–Crippen LogP) is 7.67. The van der Waals surface area contributed by atoms with Crippen LogP contribution < -0.4 is 0 Å². The normalized spacial score (nSPS) is 28.1. The third-order valence-corrected chi connectivity index (χ3v) is 9.33. The number of Topliss-reactive ketones (excluding diaryl/α,β-unsaturated/α-hetero) is 1. The van der Waals surface area contributed by atoms with Crippen molar-refractivity contribution in [2.24, 2.45) is 0 Å². The molecule has 0 radical (unpaired) electrons. The van der Waals surface area contributed by atoms with E-state index in [1.165, 1.54) is 19.3 Å². The van der Waals surface area contributed by atoms with Crippen molar-refractivity contribution in [2.45, 2.75) is 175 Å². The molecule has 0 saturated carbocycles. The minimum Gasteiger partial charge on any atom is -0.300 e. The van der Waals surface area contributed by atoms with Crippen LogP contribution in [0.5, 0.6) is 0 Å². The monoisotopic (exact) mass is 605 g/mol. The number of rotatable bonds is 4. The summed E-state index contributed by atoms with van der Waals surface area (Å²) in [5, 5.41) is 0. The minimum absolute atomic E-state index is 0.0329. The number of hydrogen-bond acceptors (Lipinski definition) is 5. The number of alkyl halides is 3. The van der Waals surface area contributed by atoms with Gasteiger partial charge >= 0.3 is 0 Å². The van der Waals surface area contributed by atoms with E-state index in [-0.39, 0.29) is 12.8 Å². The summed E-state index contributed by atoms with van der Waals surface area (Å²) in [5.41, 5.74) is 0. The zero-order chi connectivity index (χ0) is 32.0. The molecular formula is C34H67F3N4O. The van der Waals surface area contributed by atoms with E-state index in [0.29, 0.717) is 43.5 Å². The largest absolute Gasteiger partial charge is 0.300 e. The number of hydrogen-bond donors (Lipinski definition) is 0. The van der Waals surface area contributed by atoms with Gasteiger partial charge in [0.2, 0.25) is 0 Å². The molecule has 8 heteroatoms. The molecule has 4 rings (SSSR count). The lowest BCUT2D eigenvalue weighted by Gasteiger charge is -2.41. The van der Waals surface area contributed by atoms with Gasteiger partial charge in [-0.05, 0) is 101 Å². The molecule has 0 spiro atoms. The second kappa shape index (κ2) is 19.6. The van der Waals surface area contributed by atoms with E-state index in [1.807, 2.05) is 13.8 Å². The first-order valence-corrected chi connectivity index (χ1v) is 17.1. The van der Waals surface area contributed by atoms with Crippen LogP contribution in [-0.2, 0) is 4.79 Å². The Bertz CT molecular complexity index is 704. The van der Waals surface area contributed by atoms with E-state index in [0.717, 1.165) is 63.4 Å². The van der Waals surface area contributed by atoms with Crippen LogP contribution in [0.2, 0.25) is 0 Å². The van der Waals surface area contributed by atoms with Crippen molar-refractivity contribution in [3.05, 3.63) is 0 Å². The van der Waals surface area contributed by atoms with Gasteiger partial charge in [0, 0.05) is 94.7 Å². The Morgan fingerprint density at radius 1 is 0.643 bits per heavy atom. The molecule has 0 bridgehead atoms. The van der Waals surface area contributed by atoms with E-state index in [1.54, 1.807) is 0 Å². The van der Waals surface area contributed by atoms with Crippen LogP contribution >= 0.6 is 0 Å². The van der Waals surface area contributed by atoms with Crippen LogP contribution in [0, 0.1) is 0 Å². The van der Waals surface area contributed by atoms with E-state index < -0.39 is 12.1 Å².